The summed E-state index contributed by atoms with van der Waals surface area (Å²) in [6.07, 6.45) is -4.62. The molecule has 106 valence electrons. The van der Waals surface area contributed by atoms with Crippen molar-refractivity contribution in [3.05, 3.63) is 34.1 Å². The quantitative estimate of drug-likeness (QED) is 0.853. The topological polar surface area (TPSA) is 40.5 Å². The minimum atomic E-state index is -4.62. The zero-order valence-corrected chi connectivity index (χ0v) is 11.1. The van der Waals surface area contributed by atoms with Gasteiger partial charge in [0.25, 0.3) is 5.91 Å². The van der Waals surface area contributed by atoms with Crippen LogP contribution in [0.25, 0.3) is 0 Å². The van der Waals surface area contributed by atoms with Crippen LogP contribution in [-0.4, -0.2) is 41.8 Å². The van der Waals surface area contributed by atoms with Gasteiger partial charge in [-0.25, -0.2) is 4.39 Å². The second kappa shape index (κ2) is 6.33. The molecule has 1 amide bonds. The molecule has 0 bridgehead atoms. The van der Waals surface area contributed by atoms with Crippen LogP contribution in [0, 0.1) is 5.82 Å². The third kappa shape index (κ3) is 4.79. The fraction of sp³-hybridized carbons (Fsp3) is 0.364. The summed E-state index contributed by atoms with van der Waals surface area (Å²) >= 11 is 3.01. The molecule has 0 aromatic heterocycles. The second-order valence-corrected chi connectivity index (χ2v) is 4.61. The normalized spacial score (nSPS) is 11.5. The van der Waals surface area contributed by atoms with Crippen LogP contribution in [0.5, 0.6) is 0 Å². The molecule has 0 aliphatic heterocycles. The maximum absolute atomic E-state index is 13.4. The molecule has 1 aromatic rings. The number of nitrogens with zero attached hydrogens (tertiary/aromatic N) is 1. The molecule has 3 nitrogen and oxygen atoms in total. The highest BCUT2D eigenvalue weighted by molar-refractivity contribution is 9.10. The first-order valence-corrected chi connectivity index (χ1v) is 5.96. The van der Waals surface area contributed by atoms with Gasteiger partial charge in [0.15, 0.2) is 0 Å². The summed E-state index contributed by atoms with van der Waals surface area (Å²) in [4.78, 5) is 12.2. The number of carbonyl (C=O) groups excluding carboxylic acids is 1. The number of aliphatic hydroxyl groups is 1. The van der Waals surface area contributed by atoms with Crippen LogP contribution in [-0.2, 0) is 0 Å². The lowest BCUT2D eigenvalue weighted by atomic mass is 10.2. The summed E-state index contributed by atoms with van der Waals surface area (Å²) in [5.41, 5.74) is -0.480. The van der Waals surface area contributed by atoms with E-state index >= 15 is 0 Å². The van der Waals surface area contributed by atoms with E-state index < -0.39 is 43.2 Å². The van der Waals surface area contributed by atoms with Gasteiger partial charge in [-0.15, -0.1) is 0 Å². The highest BCUT2D eigenvalue weighted by Gasteiger charge is 2.33. The van der Waals surface area contributed by atoms with Gasteiger partial charge in [-0.1, -0.05) is 15.9 Å². The third-order valence-corrected chi connectivity index (χ3v) is 2.68. The molecule has 0 spiro atoms. The van der Waals surface area contributed by atoms with Crippen LogP contribution in [0.1, 0.15) is 10.4 Å². The van der Waals surface area contributed by atoms with E-state index in [1.807, 2.05) is 0 Å². The zero-order valence-electron chi connectivity index (χ0n) is 9.55. The van der Waals surface area contributed by atoms with Gasteiger partial charge in [0.05, 0.1) is 12.2 Å². The van der Waals surface area contributed by atoms with E-state index in [4.69, 9.17) is 5.11 Å². The SMILES string of the molecule is O=C(c1cc(Br)ccc1F)N(CCO)CC(F)(F)F. The molecule has 19 heavy (non-hydrogen) atoms. The molecule has 0 saturated heterocycles. The monoisotopic (exact) mass is 343 g/mol. The summed E-state index contributed by atoms with van der Waals surface area (Å²) in [5, 5.41) is 8.69. The van der Waals surface area contributed by atoms with Crippen molar-refractivity contribution in [1.82, 2.24) is 4.90 Å². The minimum Gasteiger partial charge on any atom is -0.395 e. The number of carbonyl (C=O) groups is 1. The largest absolute Gasteiger partial charge is 0.406 e. The molecule has 0 unspecified atom stereocenters. The number of rotatable bonds is 4. The minimum absolute atomic E-state index is 0.352. The van der Waals surface area contributed by atoms with Crippen LogP contribution < -0.4 is 0 Å². The number of hydrogen-bond donors (Lipinski definition) is 1. The van der Waals surface area contributed by atoms with Crippen LogP contribution in [0.4, 0.5) is 17.6 Å². The smallest absolute Gasteiger partial charge is 0.395 e. The van der Waals surface area contributed by atoms with E-state index in [0.717, 1.165) is 12.1 Å². The molecule has 0 fully saturated rings. The van der Waals surface area contributed by atoms with Gasteiger partial charge < -0.3 is 10.0 Å². The van der Waals surface area contributed by atoms with Crippen molar-refractivity contribution in [2.75, 3.05) is 19.7 Å². The fourth-order valence-electron chi connectivity index (χ4n) is 1.42. The Balaban J connectivity index is 3.02. The van der Waals surface area contributed by atoms with Crippen molar-refractivity contribution in [2.45, 2.75) is 6.18 Å². The zero-order chi connectivity index (χ0) is 14.6. The first-order chi connectivity index (χ1) is 8.74. The molecule has 0 heterocycles. The molecular formula is C11H10BrF4NO2. The van der Waals surface area contributed by atoms with Gasteiger partial charge in [-0.05, 0) is 18.2 Å². The van der Waals surface area contributed by atoms with Gasteiger partial charge in [0.2, 0.25) is 0 Å². The van der Waals surface area contributed by atoms with Crippen molar-refractivity contribution in [1.29, 1.82) is 0 Å². The summed E-state index contributed by atoms with van der Waals surface area (Å²) in [6.45, 7) is -2.71. The Kier molecular flexibility index (Phi) is 5.30. The van der Waals surface area contributed by atoms with E-state index in [2.05, 4.69) is 15.9 Å². The fourth-order valence-corrected chi connectivity index (χ4v) is 1.78. The Labute approximate surface area is 115 Å². The van der Waals surface area contributed by atoms with E-state index in [0.29, 0.717) is 9.37 Å². The highest BCUT2D eigenvalue weighted by Crippen LogP contribution is 2.21. The molecule has 0 aliphatic carbocycles. The summed E-state index contributed by atoms with van der Waals surface area (Å²) in [6, 6.07) is 3.40. The first-order valence-electron chi connectivity index (χ1n) is 5.16. The molecule has 0 saturated carbocycles. The number of aliphatic hydroxyl groups excluding tert-OH is 1. The van der Waals surface area contributed by atoms with Gasteiger partial charge in [-0.2, -0.15) is 13.2 Å². The van der Waals surface area contributed by atoms with Gasteiger partial charge in [0, 0.05) is 11.0 Å². The van der Waals surface area contributed by atoms with E-state index in [1.165, 1.54) is 6.07 Å². The summed E-state index contributed by atoms with van der Waals surface area (Å²) < 4.78 is 50.7. The Bertz CT molecular complexity index is 464. The number of benzene rings is 1. The predicted molar refractivity (Wildman–Crippen MR) is 63.1 cm³/mol. The average molecular weight is 344 g/mol. The van der Waals surface area contributed by atoms with Gasteiger partial charge in [-0.3, -0.25) is 4.79 Å². The van der Waals surface area contributed by atoms with Crippen LogP contribution in [0.15, 0.2) is 22.7 Å². The number of amides is 1. The first kappa shape index (κ1) is 15.9. The predicted octanol–water partition coefficient (Wildman–Crippen LogP) is 2.58. The van der Waals surface area contributed by atoms with Crippen LogP contribution in [0.3, 0.4) is 0 Å². The standard InChI is InChI=1S/C11H10BrF4NO2/c12-7-1-2-9(13)8(5-7)10(19)17(3-4-18)6-11(14,15)16/h1-2,5,18H,3-4,6H2. The van der Waals surface area contributed by atoms with E-state index in [-0.39, 0.29) is 0 Å². The second-order valence-electron chi connectivity index (χ2n) is 3.69. The Morgan fingerprint density at radius 3 is 2.53 bits per heavy atom. The third-order valence-electron chi connectivity index (χ3n) is 2.19. The van der Waals surface area contributed by atoms with E-state index in [1.54, 1.807) is 0 Å². The van der Waals surface area contributed by atoms with Crippen LogP contribution >= 0.6 is 15.9 Å². The number of alkyl halides is 3. The van der Waals surface area contributed by atoms with Crippen LogP contribution in [0.2, 0.25) is 0 Å². The number of halogens is 5. The Morgan fingerprint density at radius 2 is 2.00 bits per heavy atom. The van der Waals surface area contributed by atoms with Crippen molar-refractivity contribution in [3.8, 4) is 0 Å². The molecule has 0 radical (unpaired) electrons. The van der Waals surface area contributed by atoms with Crippen molar-refractivity contribution in [3.63, 3.8) is 0 Å². The van der Waals surface area contributed by atoms with Gasteiger partial charge >= 0.3 is 6.18 Å². The number of hydrogen-bond acceptors (Lipinski definition) is 2. The summed E-state index contributed by atoms with van der Waals surface area (Å²) in [7, 11) is 0. The summed E-state index contributed by atoms with van der Waals surface area (Å²) in [5.74, 6) is -2.04. The average Bonchev–Trinajstić information content (AvgIpc) is 2.29. The van der Waals surface area contributed by atoms with E-state index in [9.17, 15) is 22.4 Å². The molecule has 8 heteroatoms. The maximum Gasteiger partial charge on any atom is 0.406 e. The maximum atomic E-state index is 13.4. The molecule has 0 atom stereocenters. The van der Waals surface area contributed by atoms with Crippen molar-refractivity contribution >= 4 is 21.8 Å². The molecular weight excluding hydrogens is 334 g/mol. The van der Waals surface area contributed by atoms with Crippen molar-refractivity contribution in [2.24, 2.45) is 0 Å². The van der Waals surface area contributed by atoms with Crippen molar-refractivity contribution < 1.29 is 27.5 Å². The molecule has 1 N–H and O–H groups in total. The van der Waals surface area contributed by atoms with Gasteiger partial charge in [0.1, 0.15) is 12.4 Å². The Morgan fingerprint density at radius 1 is 1.37 bits per heavy atom. The lowest BCUT2D eigenvalue weighted by Crippen LogP contribution is -2.41. The lowest BCUT2D eigenvalue weighted by Gasteiger charge is -2.23. The molecule has 1 aromatic carbocycles. The molecule has 0 aliphatic rings. The molecule has 1 rings (SSSR count). The Hall–Kier alpha value is -1.15. The highest BCUT2D eigenvalue weighted by atomic mass is 79.9. The lowest BCUT2D eigenvalue weighted by molar-refractivity contribution is -0.141.